The SMILES string of the molecule is COc1cc(CNc2ccc(C)c(Cl)c2)cc(I)c1OCc1ccc([N+](=O)[O-])cc1. The predicted molar refractivity (Wildman–Crippen MR) is 127 cm³/mol. The van der Waals surface area contributed by atoms with Gasteiger partial charge < -0.3 is 14.8 Å². The van der Waals surface area contributed by atoms with Crippen LogP contribution in [0.3, 0.4) is 0 Å². The van der Waals surface area contributed by atoms with Crippen LogP contribution >= 0.6 is 34.2 Å². The number of nitrogens with zero attached hydrogens (tertiary/aromatic N) is 1. The van der Waals surface area contributed by atoms with Crippen LogP contribution in [0.25, 0.3) is 0 Å². The van der Waals surface area contributed by atoms with Gasteiger partial charge in [-0.15, -0.1) is 0 Å². The Morgan fingerprint density at radius 2 is 1.83 bits per heavy atom. The Morgan fingerprint density at radius 3 is 2.47 bits per heavy atom. The molecule has 0 radical (unpaired) electrons. The number of nitro benzene ring substituents is 1. The molecule has 0 bridgehead atoms. The number of ether oxygens (including phenoxy) is 2. The van der Waals surface area contributed by atoms with Gasteiger partial charge in [-0.25, -0.2) is 0 Å². The average Bonchev–Trinajstić information content (AvgIpc) is 2.73. The molecule has 3 aromatic carbocycles. The second-order valence-electron chi connectivity index (χ2n) is 6.64. The summed E-state index contributed by atoms with van der Waals surface area (Å²) in [5, 5.41) is 14.9. The van der Waals surface area contributed by atoms with Gasteiger partial charge in [-0.3, -0.25) is 10.1 Å². The van der Waals surface area contributed by atoms with Crippen molar-refractivity contribution >= 4 is 45.6 Å². The molecule has 0 unspecified atom stereocenters. The maximum atomic E-state index is 10.8. The number of halogens is 2. The third-order valence-electron chi connectivity index (χ3n) is 4.49. The van der Waals surface area contributed by atoms with Gasteiger partial charge in [-0.05, 0) is 82.6 Å². The van der Waals surface area contributed by atoms with E-state index in [2.05, 4.69) is 27.9 Å². The molecule has 3 aromatic rings. The Hall–Kier alpha value is -2.52. The van der Waals surface area contributed by atoms with Gasteiger partial charge in [-0.1, -0.05) is 17.7 Å². The lowest BCUT2D eigenvalue weighted by molar-refractivity contribution is -0.384. The third-order valence-corrected chi connectivity index (χ3v) is 5.70. The zero-order valence-corrected chi connectivity index (χ0v) is 19.4. The van der Waals surface area contributed by atoms with E-state index in [4.69, 9.17) is 21.1 Å². The molecule has 0 spiro atoms. The summed E-state index contributed by atoms with van der Waals surface area (Å²) in [7, 11) is 1.60. The highest BCUT2D eigenvalue weighted by Gasteiger charge is 2.13. The average molecular weight is 539 g/mol. The van der Waals surface area contributed by atoms with E-state index < -0.39 is 4.92 Å². The highest BCUT2D eigenvalue weighted by atomic mass is 127. The maximum absolute atomic E-state index is 10.8. The summed E-state index contributed by atoms with van der Waals surface area (Å²) >= 11 is 8.40. The quantitative estimate of drug-likeness (QED) is 0.205. The fourth-order valence-electron chi connectivity index (χ4n) is 2.79. The lowest BCUT2D eigenvalue weighted by Crippen LogP contribution is -2.04. The number of aryl methyl sites for hydroxylation is 1. The second-order valence-corrected chi connectivity index (χ2v) is 8.21. The number of hydrogen-bond acceptors (Lipinski definition) is 5. The summed E-state index contributed by atoms with van der Waals surface area (Å²) in [4.78, 5) is 10.3. The second kappa shape index (κ2) is 9.99. The number of nitrogens with one attached hydrogen (secondary N) is 1. The normalized spacial score (nSPS) is 10.5. The van der Waals surface area contributed by atoms with Crippen molar-refractivity contribution in [3.05, 3.63) is 90.0 Å². The van der Waals surface area contributed by atoms with Crippen molar-refractivity contribution < 1.29 is 14.4 Å². The van der Waals surface area contributed by atoms with Crippen molar-refractivity contribution in [3.63, 3.8) is 0 Å². The zero-order valence-electron chi connectivity index (χ0n) is 16.4. The van der Waals surface area contributed by atoms with Crippen molar-refractivity contribution in [1.82, 2.24) is 0 Å². The molecule has 0 aliphatic heterocycles. The van der Waals surface area contributed by atoms with Crippen LogP contribution in [0.4, 0.5) is 11.4 Å². The first-order chi connectivity index (χ1) is 14.4. The summed E-state index contributed by atoms with van der Waals surface area (Å²) < 4.78 is 12.4. The van der Waals surface area contributed by atoms with Crippen molar-refractivity contribution in [2.24, 2.45) is 0 Å². The minimum atomic E-state index is -0.423. The van der Waals surface area contributed by atoms with Crippen LogP contribution in [0.2, 0.25) is 5.02 Å². The van der Waals surface area contributed by atoms with E-state index in [0.29, 0.717) is 18.0 Å². The van der Waals surface area contributed by atoms with Crippen molar-refractivity contribution in [2.75, 3.05) is 12.4 Å². The molecular formula is C22H20ClIN2O4. The fraction of sp³-hybridized carbons (Fsp3) is 0.182. The molecule has 0 saturated carbocycles. The van der Waals surface area contributed by atoms with Gasteiger partial charge in [0.1, 0.15) is 6.61 Å². The first-order valence-electron chi connectivity index (χ1n) is 9.10. The Labute approximate surface area is 193 Å². The smallest absolute Gasteiger partial charge is 0.269 e. The Bertz CT molecular complexity index is 1060. The van der Waals surface area contributed by atoms with E-state index in [1.54, 1.807) is 19.2 Å². The molecule has 0 aliphatic carbocycles. The van der Waals surface area contributed by atoms with Crippen LogP contribution < -0.4 is 14.8 Å². The molecule has 6 nitrogen and oxygen atoms in total. The number of hydrogen-bond donors (Lipinski definition) is 1. The standard InChI is InChI=1S/C22H20ClIN2O4/c1-14-3-6-17(11-19(14)23)25-12-16-9-20(24)22(21(10-16)29-2)30-13-15-4-7-18(8-5-15)26(27)28/h3-11,25H,12-13H2,1-2H3. The highest BCUT2D eigenvalue weighted by Crippen LogP contribution is 2.35. The van der Waals surface area contributed by atoms with Crippen molar-refractivity contribution in [2.45, 2.75) is 20.1 Å². The van der Waals surface area contributed by atoms with E-state index in [0.717, 1.165) is 31.0 Å². The van der Waals surface area contributed by atoms with Gasteiger partial charge in [0.05, 0.1) is 15.6 Å². The fourth-order valence-corrected chi connectivity index (χ4v) is 3.79. The first kappa shape index (κ1) is 22.2. The molecule has 0 heterocycles. The van der Waals surface area contributed by atoms with Gasteiger partial charge in [-0.2, -0.15) is 0 Å². The number of nitro groups is 1. The summed E-state index contributed by atoms with van der Waals surface area (Å²) in [6.07, 6.45) is 0. The first-order valence-corrected chi connectivity index (χ1v) is 10.6. The largest absolute Gasteiger partial charge is 0.493 e. The third kappa shape index (κ3) is 5.54. The molecular weight excluding hydrogens is 519 g/mol. The highest BCUT2D eigenvalue weighted by molar-refractivity contribution is 14.1. The number of anilines is 1. The summed E-state index contributed by atoms with van der Waals surface area (Å²) in [6.45, 7) is 2.85. The summed E-state index contributed by atoms with van der Waals surface area (Å²) in [6, 6.07) is 16.1. The molecule has 3 rings (SSSR count). The predicted octanol–water partition coefficient (Wildman–Crippen LogP) is 6.36. The Balaban J connectivity index is 1.70. The van der Waals surface area contributed by atoms with Crippen LogP contribution in [0.5, 0.6) is 11.5 Å². The van der Waals surface area contributed by atoms with E-state index >= 15 is 0 Å². The number of non-ortho nitro benzene ring substituents is 1. The van der Waals surface area contributed by atoms with E-state index in [1.165, 1.54) is 12.1 Å². The van der Waals surface area contributed by atoms with E-state index in [-0.39, 0.29) is 12.3 Å². The van der Waals surface area contributed by atoms with Gasteiger partial charge in [0, 0.05) is 29.4 Å². The Morgan fingerprint density at radius 1 is 1.10 bits per heavy atom. The molecule has 30 heavy (non-hydrogen) atoms. The Kier molecular flexibility index (Phi) is 7.38. The van der Waals surface area contributed by atoms with E-state index in [1.807, 2.05) is 37.3 Å². The minimum absolute atomic E-state index is 0.0534. The number of methoxy groups -OCH3 is 1. The minimum Gasteiger partial charge on any atom is -0.493 e. The van der Waals surface area contributed by atoms with Crippen LogP contribution in [0.15, 0.2) is 54.6 Å². The lowest BCUT2D eigenvalue weighted by atomic mass is 10.1. The van der Waals surface area contributed by atoms with Crippen LogP contribution in [-0.2, 0) is 13.2 Å². The van der Waals surface area contributed by atoms with E-state index in [9.17, 15) is 10.1 Å². The van der Waals surface area contributed by atoms with Crippen molar-refractivity contribution in [1.29, 1.82) is 0 Å². The van der Waals surface area contributed by atoms with Crippen LogP contribution in [-0.4, -0.2) is 12.0 Å². The topological polar surface area (TPSA) is 73.6 Å². The summed E-state index contributed by atoms with van der Waals surface area (Å²) in [5.41, 5.74) is 3.90. The molecule has 156 valence electrons. The number of rotatable bonds is 8. The van der Waals surface area contributed by atoms with Gasteiger partial charge in [0.2, 0.25) is 0 Å². The maximum Gasteiger partial charge on any atom is 0.269 e. The van der Waals surface area contributed by atoms with Crippen LogP contribution in [0, 0.1) is 20.6 Å². The van der Waals surface area contributed by atoms with Crippen LogP contribution in [0.1, 0.15) is 16.7 Å². The van der Waals surface area contributed by atoms with Gasteiger partial charge in [0.25, 0.3) is 5.69 Å². The molecule has 8 heteroatoms. The number of benzene rings is 3. The molecule has 0 saturated heterocycles. The molecule has 0 amide bonds. The van der Waals surface area contributed by atoms with Gasteiger partial charge >= 0.3 is 0 Å². The van der Waals surface area contributed by atoms with Crippen molar-refractivity contribution in [3.8, 4) is 11.5 Å². The molecule has 0 atom stereocenters. The monoisotopic (exact) mass is 538 g/mol. The summed E-state index contributed by atoms with van der Waals surface area (Å²) in [5.74, 6) is 1.26. The molecule has 0 aromatic heterocycles. The molecule has 1 N–H and O–H groups in total. The zero-order chi connectivity index (χ0) is 21.7. The molecule has 0 fully saturated rings. The van der Waals surface area contributed by atoms with Gasteiger partial charge in [0.15, 0.2) is 11.5 Å². The molecule has 0 aliphatic rings. The lowest BCUT2D eigenvalue weighted by Gasteiger charge is -2.15.